The number of furan rings is 1. The van der Waals surface area contributed by atoms with Crippen molar-refractivity contribution in [3.63, 3.8) is 0 Å². The van der Waals surface area contributed by atoms with Crippen LogP contribution in [0.4, 0.5) is 0 Å². The first kappa shape index (κ1) is 14.1. The van der Waals surface area contributed by atoms with Crippen molar-refractivity contribution < 1.29 is 19.1 Å². The van der Waals surface area contributed by atoms with E-state index in [2.05, 4.69) is 0 Å². The predicted octanol–water partition coefficient (Wildman–Crippen LogP) is 1.59. The fourth-order valence-corrected chi connectivity index (χ4v) is 2.81. The van der Waals surface area contributed by atoms with Crippen LogP contribution >= 0.6 is 0 Å². The highest BCUT2D eigenvalue weighted by Gasteiger charge is 2.27. The summed E-state index contributed by atoms with van der Waals surface area (Å²) in [6.45, 7) is 1.70. The minimum atomic E-state index is -0.0329. The second kappa shape index (κ2) is 6.28. The van der Waals surface area contributed by atoms with Gasteiger partial charge in [-0.05, 0) is 12.5 Å². The SMILES string of the molecule is O=C(Cc1coc2ccccc12)N1CCOC[C@@H]1CCO. The molecular formula is C16H19NO4. The van der Waals surface area contributed by atoms with E-state index in [-0.39, 0.29) is 18.6 Å². The molecule has 0 unspecified atom stereocenters. The number of hydrogen-bond acceptors (Lipinski definition) is 4. The molecule has 1 aliphatic heterocycles. The number of benzene rings is 1. The molecule has 5 nitrogen and oxygen atoms in total. The summed E-state index contributed by atoms with van der Waals surface area (Å²) in [4.78, 5) is 14.4. The van der Waals surface area contributed by atoms with Crippen LogP contribution in [0.15, 0.2) is 34.9 Å². The number of rotatable bonds is 4. The Balaban J connectivity index is 1.75. The molecule has 21 heavy (non-hydrogen) atoms. The number of morpholine rings is 1. The van der Waals surface area contributed by atoms with Crippen molar-refractivity contribution in [2.75, 3.05) is 26.4 Å². The van der Waals surface area contributed by atoms with E-state index in [4.69, 9.17) is 14.3 Å². The third kappa shape index (κ3) is 2.94. The molecule has 3 rings (SSSR count). The molecule has 2 aromatic rings. The molecule has 1 fully saturated rings. The van der Waals surface area contributed by atoms with Gasteiger partial charge in [-0.1, -0.05) is 18.2 Å². The number of aliphatic hydroxyl groups is 1. The molecule has 0 bridgehead atoms. The first-order chi connectivity index (χ1) is 10.3. The minimum absolute atomic E-state index is 0.0329. The third-order valence-corrected chi connectivity index (χ3v) is 3.91. The maximum atomic E-state index is 12.5. The zero-order chi connectivity index (χ0) is 14.7. The van der Waals surface area contributed by atoms with Crippen molar-refractivity contribution in [1.29, 1.82) is 0 Å². The van der Waals surface area contributed by atoms with Crippen LogP contribution in [0.3, 0.4) is 0 Å². The minimum Gasteiger partial charge on any atom is -0.464 e. The molecule has 1 saturated heterocycles. The smallest absolute Gasteiger partial charge is 0.227 e. The molecule has 5 heteroatoms. The quantitative estimate of drug-likeness (QED) is 0.928. The summed E-state index contributed by atoms with van der Waals surface area (Å²) in [5, 5.41) is 10.1. The fourth-order valence-electron chi connectivity index (χ4n) is 2.81. The number of para-hydroxylation sites is 1. The molecule has 2 heterocycles. The van der Waals surface area contributed by atoms with Crippen molar-refractivity contribution in [1.82, 2.24) is 4.90 Å². The fraction of sp³-hybridized carbons (Fsp3) is 0.438. The Morgan fingerprint density at radius 3 is 3.10 bits per heavy atom. The van der Waals surface area contributed by atoms with E-state index in [9.17, 15) is 4.79 Å². The Morgan fingerprint density at radius 2 is 2.24 bits per heavy atom. The average molecular weight is 289 g/mol. The second-order valence-electron chi connectivity index (χ2n) is 5.26. The van der Waals surface area contributed by atoms with Gasteiger partial charge in [0.1, 0.15) is 5.58 Å². The molecule has 1 aromatic heterocycles. The van der Waals surface area contributed by atoms with E-state index in [1.165, 1.54) is 0 Å². The van der Waals surface area contributed by atoms with Crippen LogP contribution in [0.25, 0.3) is 11.0 Å². The summed E-state index contributed by atoms with van der Waals surface area (Å²) < 4.78 is 10.9. The summed E-state index contributed by atoms with van der Waals surface area (Å²) in [5.74, 6) is 0.0586. The van der Waals surface area contributed by atoms with Crippen LogP contribution in [0.2, 0.25) is 0 Å². The van der Waals surface area contributed by atoms with Gasteiger partial charge in [0, 0.05) is 24.1 Å². The molecule has 1 aromatic carbocycles. The van der Waals surface area contributed by atoms with E-state index >= 15 is 0 Å². The van der Waals surface area contributed by atoms with Crippen molar-refractivity contribution in [2.45, 2.75) is 18.9 Å². The lowest BCUT2D eigenvalue weighted by molar-refractivity contribution is -0.139. The van der Waals surface area contributed by atoms with Gasteiger partial charge in [0.15, 0.2) is 0 Å². The number of ether oxygens (including phenoxy) is 1. The van der Waals surface area contributed by atoms with Crippen molar-refractivity contribution in [2.24, 2.45) is 0 Å². The molecule has 0 saturated carbocycles. The molecule has 0 aliphatic carbocycles. The van der Waals surface area contributed by atoms with E-state index in [0.717, 1.165) is 16.5 Å². The summed E-state index contributed by atoms with van der Waals surface area (Å²) in [6.07, 6.45) is 2.53. The summed E-state index contributed by atoms with van der Waals surface area (Å²) in [7, 11) is 0. The lowest BCUT2D eigenvalue weighted by Gasteiger charge is -2.35. The van der Waals surface area contributed by atoms with Gasteiger partial charge in [0.25, 0.3) is 0 Å². The highest BCUT2D eigenvalue weighted by molar-refractivity contribution is 5.87. The maximum Gasteiger partial charge on any atom is 0.227 e. The number of carbonyl (C=O) groups excluding carboxylic acids is 1. The molecule has 0 spiro atoms. The monoisotopic (exact) mass is 289 g/mol. The van der Waals surface area contributed by atoms with Gasteiger partial charge in [-0.15, -0.1) is 0 Å². The molecule has 0 radical (unpaired) electrons. The highest BCUT2D eigenvalue weighted by Crippen LogP contribution is 2.22. The topological polar surface area (TPSA) is 62.9 Å². The van der Waals surface area contributed by atoms with Gasteiger partial charge >= 0.3 is 0 Å². The van der Waals surface area contributed by atoms with Gasteiger partial charge in [0.05, 0.1) is 31.9 Å². The van der Waals surface area contributed by atoms with E-state index < -0.39 is 0 Å². The largest absolute Gasteiger partial charge is 0.464 e. The first-order valence-electron chi connectivity index (χ1n) is 7.23. The lowest BCUT2D eigenvalue weighted by atomic mass is 10.1. The molecule has 1 N–H and O–H groups in total. The van der Waals surface area contributed by atoms with Crippen LogP contribution in [-0.4, -0.2) is 48.3 Å². The number of aliphatic hydroxyl groups excluding tert-OH is 1. The van der Waals surface area contributed by atoms with Gasteiger partial charge in [-0.3, -0.25) is 4.79 Å². The molecule has 1 amide bonds. The normalized spacial score (nSPS) is 19.1. The molecule has 1 atom stereocenters. The predicted molar refractivity (Wildman–Crippen MR) is 77.9 cm³/mol. The number of amides is 1. The van der Waals surface area contributed by atoms with E-state index in [1.54, 1.807) is 6.26 Å². The van der Waals surface area contributed by atoms with Gasteiger partial charge < -0.3 is 19.2 Å². The Labute approximate surface area is 123 Å². The van der Waals surface area contributed by atoms with Crippen LogP contribution in [0.5, 0.6) is 0 Å². The van der Waals surface area contributed by atoms with E-state index in [1.807, 2.05) is 29.2 Å². The first-order valence-corrected chi connectivity index (χ1v) is 7.23. The van der Waals surface area contributed by atoms with Crippen molar-refractivity contribution in [3.05, 3.63) is 36.1 Å². The zero-order valence-corrected chi connectivity index (χ0v) is 11.8. The van der Waals surface area contributed by atoms with Crippen molar-refractivity contribution in [3.8, 4) is 0 Å². The number of fused-ring (bicyclic) bond motifs is 1. The summed E-state index contributed by atoms with van der Waals surface area (Å²) in [5.41, 5.74) is 1.71. The van der Waals surface area contributed by atoms with Gasteiger partial charge in [0.2, 0.25) is 5.91 Å². The Bertz CT molecular complexity index is 620. The van der Waals surface area contributed by atoms with Gasteiger partial charge in [-0.25, -0.2) is 0 Å². The number of carbonyl (C=O) groups is 1. The standard InChI is InChI=1S/C16H19NO4/c18-7-5-13-11-20-8-6-17(13)16(19)9-12-10-21-15-4-2-1-3-14(12)15/h1-4,10,13,18H,5-9,11H2/t13-/m0/s1. The number of hydrogen-bond donors (Lipinski definition) is 1. The van der Waals surface area contributed by atoms with Crippen LogP contribution in [0.1, 0.15) is 12.0 Å². The molecular weight excluding hydrogens is 270 g/mol. The van der Waals surface area contributed by atoms with Crippen LogP contribution in [0, 0.1) is 0 Å². The van der Waals surface area contributed by atoms with Gasteiger partial charge in [-0.2, -0.15) is 0 Å². The Kier molecular flexibility index (Phi) is 4.22. The lowest BCUT2D eigenvalue weighted by Crippen LogP contribution is -2.49. The Morgan fingerprint density at radius 1 is 1.38 bits per heavy atom. The Hall–Kier alpha value is -1.85. The summed E-state index contributed by atoms with van der Waals surface area (Å²) >= 11 is 0. The zero-order valence-electron chi connectivity index (χ0n) is 11.8. The van der Waals surface area contributed by atoms with Crippen molar-refractivity contribution >= 4 is 16.9 Å². The van der Waals surface area contributed by atoms with Crippen LogP contribution < -0.4 is 0 Å². The maximum absolute atomic E-state index is 12.5. The highest BCUT2D eigenvalue weighted by atomic mass is 16.5. The number of nitrogens with zero attached hydrogens (tertiary/aromatic N) is 1. The van der Waals surface area contributed by atoms with E-state index in [0.29, 0.717) is 32.6 Å². The molecule has 112 valence electrons. The van der Waals surface area contributed by atoms with Crippen LogP contribution in [-0.2, 0) is 16.0 Å². The summed E-state index contributed by atoms with van der Waals surface area (Å²) in [6, 6.07) is 7.68. The average Bonchev–Trinajstić information content (AvgIpc) is 2.91. The third-order valence-electron chi connectivity index (χ3n) is 3.91. The second-order valence-corrected chi connectivity index (χ2v) is 5.26. The molecule has 1 aliphatic rings.